The maximum absolute atomic E-state index is 12.0. The Morgan fingerprint density at radius 3 is 2.48 bits per heavy atom. The van der Waals surface area contributed by atoms with Crippen LogP contribution >= 0.6 is 0 Å². The van der Waals surface area contributed by atoms with E-state index in [4.69, 9.17) is 9.47 Å². The smallest absolute Gasteiger partial charge is 0.410 e. The molecule has 0 bridgehead atoms. The minimum atomic E-state index is -0.479. The molecular weight excluding hydrogens is 270 g/mol. The highest BCUT2D eigenvalue weighted by Crippen LogP contribution is 2.18. The van der Waals surface area contributed by atoms with Crippen LogP contribution in [-0.4, -0.2) is 45.8 Å². The van der Waals surface area contributed by atoms with Crippen molar-refractivity contribution in [3.8, 4) is 6.01 Å². The van der Waals surface area contributed by atoms with Crippen molar-refractivity contribution in [2.75, 3.05) is 13.1 Å². The van der Waals surface area contributed by atoms with Crippen molar-refractivity contribution in [1.82, 2.24) is 14.9 Å². The number of hydrogen-bond donors (Lipinski definition) is 0. The molecule has 1 amide bonds. The predicted molar refractivity (Wildman–Crippen MR) is 78.3 cm³/mol. The van der Waals surface area contributed by atoms with Gasteiger partial charge >= 0.3 is 12.1 Å². The molecule has 6 heteroatoms. The van der Waals surface area contributed by atoms with Crippen LogP contribution in [0.5, 0.6) is 6.01 Å². The normalized spacial score (nSPS) is 18.7. The van der Waals surface area contributed by atoms with E-state index in [1.54, 1.807) is 4.90 Å². The van der Waals surface area contributed by atoms with Gasteiger partial charge in [0.15, 0.2) is 0 Å². The Hall–Kier alpha value is -1.85. The van der Waals surface area contributed by atoms with Gasteiger partial charge in [0.2, 0.25) is 0 Å². The minimum Gasteiger partial charge on any atom is -0.458 e. The zero-order valence-corrected chi connectivity index (χ0v) is 13.3. The fourth-order valence-corrected chi connectivity index (χ4v) is 2.21. The summed E-state index contributed by atoms with van der Waals surface area (Å²) in [6, 6.07) is 2.28. The largest absolute Gasteiger partial charge is 0.458 e. The van der Waals surface area contributed by atoms with Gasteiger partial charge in [-0.3, -0.25) is 0 Å². The molecule has 2 heterocycles. The van der Waals surface area contributed by atoms with Gasteiger partial charge in [0.25, 0.3) is 0 Å². The number of amides is 1. The maximum Gasteiger partial charge on any atom is 0.410 e. The lowest BCUT2D eigenvalue weighted by Gasteiger charge is -2.24. The molecule has 1 fully saturated rings. The Bertz CT molecular complexity index is 505. The van der Waals surface area contributed by atoms with Gasteiger partial charge in [-0.25, -0.2) is 14.8 Å². The van der Waals surface area contributed by atoms with Gasteiger partial charge in [-0.15, -0.1) is 0 Å². The van der Waals surface area contributed by atoms with E-state index in [0.717, 1.165) is 17.8 Å². The van der Waals surface area contributed by atoms with Crippen LogP contribution in [0.3, 0.4) is 0 Å². The number of aryl methyl sites for hydroxylation is 2. The second-order valence-electron chi connectivity index (χ2n) is 6.39. The van der Waals surface area contributed by atoms with E-state index in [0.29, 0.717) is 19.1 Å². The summed E-state index contributed by atoms with van der Waals surface area (Å²) < 4.78 is 11.1. The summed E-state index contributed by atoms with van der Waals surface area (Å²) in [4.78, 5) is 22.2. The van der Waals surface area contributed by atoms with Crippen molar-refractivity contribution >= 4 is 6.09 Å². The number of rotatable bonds is 2. The van der Waals surface area contributed by atoms with Gasteiger partial charge in [0.05, 0.1) is 6.54 Å². The van der Waals surface area contributed by atoms with Crippen molar-refractivity contribution in [2.45, 2.75) is 52.7 Å². The second-order valence-corrected chi connectivity index (χ2v) is 6.39. The molecule has 1 atom stereocenters. The molecule has 116 valence electrons. The van der Waals surface area contributed by atoms with E-state index in [9.17, 15) is 4.79 Å². The van der Waals surface area contributed by atoms with Gasteiger partial charge in [0.1, 0.15) is 11.7 Å². The molecule has 1 aromatic heterocycles. The van der Waals surface area contributed by atoms with Crippen LogP contribution in [0, 0.1) is 13.8 Å². The zero-order valence-electron chi connectivity index (χ0n) is 13.3. The summed E-state index contributed by atoms with van der Waals surface area (Å²) in [6.07, 6.45) is 0.379. The summed E-state index contributed by atoms with van der Waals surface area (Å²) in [5, 5.41) is 0. The fraction of sp³-hybridized carbons (Fsp3) is 0.667. The summed E-state index contributed by atoms with van der Waals surface area (Å²) in [5.41, 5.74) is 1.27. The van der Waals surface area contributed by atoms with Crippen LogP contribution in [0.25, 0.3) is 0 Å². The highest BCUT2D eigenvalue weighted by molar-refractivity contribution is 5.68. The predicted octanol–water partition coefficient (Wildman–Crippen LogP) is 2.48. The SMILES string of the molecule is Cc1cc(C)nc(OC2CCN(C(=O)OC(C)(C)C)C2)n1. The average molecular weight is 293 g/mol. The first-order chi connectivity index (χ1) is 9.73. The van der Waals surface area contributed by atoms with Crippen molar-refractivity contribution in [2.24, 2.45) is 0 Å². The number of ether oxygens (including phenoxy) is 2. The van der Waals surface area contributed by atoms with Gasteiger partial charge < -0.3 is 14.4 Å². The van der Waals surface area contributed by atoms with Gasteiger partial charge in [-0.05, 0) is 40.7 Å². The Morgan fingerprint density at radius 2 is 1.90 bits per heavy atom. The first-order valence-corrected chi connectivity index (χ1v) is 7.20. The van der Waals surface area contributed by atoms with Gasteiger partial charge in [0, 0.05) is 24.4 Å². The fourth-order valence-electron chi connectivity index (χ4n) is 2.21. The molecule has 1 unspecified atom stereocenters. The van der Waals surface area contributed by atoms with Crippen LogP contribution in [0.1, 0.15) is 38.6 Å². The molecule has 0 radical (unpaired) electrons. The Balaban J connectivity index is 1.92. The Kier molecular flexibility index (Phi) is 4.34. The molecule has 6 nitrogen and oxygen atoms in total. The lowest BCUT2D eigenvalue weighted by atomic mass is 10.2. The number of nitrogens with zero attached hydrogens (tertiary/aromatic N) is 3. The second kappa shape index (κ2) is 5.87. The topological polar surface area (TPSA) is 64.5 Å². The summed E-state index contributed by atoms with van der Waals surface area (Å²) in [5.74, 6) is 0. The van der Waals surface area contributed by atoms with Crippen LogP contribution in [0.4, 0.5) is 4.79 Å². The van der Waals surface area contributed by atoms with Gasteiger partial charge in [-0.1, -0.05) is 0 Å². The van der Waals surface area contributed by atoms with Gasteiger partial charge in [-0.2, -0.15) is 0 Å². The first kappa shape index (κ1) is 15.5. The van der Waals surface area contributed by atoms with E-state index in [1.165, 1.54) is 0 Å². The summed E-state index contributed by atoms with van der Waals surface area (Å²) in [6.45, 7) is 10.5. The molecule has 1 aromatic rings. The molecule has 0 aliphatic carbocycles. The third kappa shape index (κ3) is 4.58. The van der Waals surface area contributed by atoms with Crippen LogP contribution in [-0.2, 0) is 4.74 Å². The van der Waals surface area contributed by atoms with E-state index in [1.807, 2.05) is 40.7 Å². The van der Waals surface area contributed by atoms with E-state index in [2.05, 4.69) is 9.97 Å². The molecule has 1 aliphatic heterocycles. The molecule has 21 heavy (non-hydrogen) atoms. The number of hydrogen-bond acceptors (Lipinski definition) is 5. The van der Waals surface area contributed by atoms with E-state index < -0.39 is 5.60 Å². The maximum atomic E-state index is 12.0. The number of carbonyl (C=O) groups is 1. The first-order valence-electron chi connectivity index (χ1n) is 7.20. The highest BCUT2D eigenvalue weighted by Gasteiger charge is 2.31. The monoisotopic (exact) mass is 293 g/mol. The number of likely N-dealkylation sites (tertiary alicyclic amines) is 1. The summed E-state index contributed by atoms with van der Waals surface area (Å²) >= 11 is 0. The standard InChI is InChI=1S/C15H23N3O3/c1-10-8-11(2)17-13(16-10)20-12-6-7-18(9-12)14(19)21-15(3,4)5/h8,12H,6-7,9H2,1-5H3. The molecule has 0 aromatic carbocycles. The van der Waals surface area contributed by atoms with Crippen LogP contribution in [0.15, 0.2) is 6.07 Å². The van der Waals surface area contributed by atoms with E-state index >= 15 is 0 Å². The van der Waals surface area contributed by atoms with Crippen LogP contribution < -0.4 is 4.74 Å². The van der Waals surface area contributed by atoms with E-state index in [-0.39, 0.29) is 12.2 Å². The highest BCUT2D eigenvalue weighted by atomic mass is 16.6. The lowest BCUT2D eigenvalue weighted by Crippen LogP contribution is -2.36. The molecule has 1 saturated heterocycles. The number of carbonyl (C=O) groups excluding carboxylic acids is 1. The molecule has 0 N–H and O–H groups in total. The van der Waals surface area contributed by atoms with Crippen LogP contribution in [0.2, 0.25) is 0 Å². The third-order valence-corrected chi connectivity index (χ3v) is 3.03. The lowest BCUT2D eigenvalue weighted by molar-refractivity contribution is 0.0274. The molecule has 2 rings (SSSR count). The number of aromatic nitrogens is 2. The van der Waals surface area contributed by atoms with Crippen molar-refractivity contribution in [1.29, 1.82) is 0 Å². The molecule has 0 saturated carbocycles. The minimum absolute atomic E-state index is 0.0845. The van der Waals surface area contributed by atoms with Crippen molar-refractivity contribution in [3.05, 3.63) is 17.5 Å². The molecular formula is C15H23N3O3. The third-order valence-electron chi connectivity index (χ3n) is 3.03. The Morgan fingerprint density at radius 1 is 1.29 bits per heavy atom. The average Bonchev–Trinajstić information content (AvgIpc) is 2.73. The molecule has 1 aliphatic rings. The quantitative estimate of drug-likeness (QED) is 0.838. The van der Waals surface area contributed by atoms with Crippen molar-refractivity contribution < 1.29 is 14.3 Å². The van der Waals surface area contributed by atoms with Crippen molar-refractivity contribution in [3.63, 3.8) is 0 Å². The molecule has 0 spiro atoms. The zero-order chi connectivity index (χ0) is 15.6. The summed E-state index contributed by atoms with van der Waals surface area (Å²) in [7, 11) is 0. The Labute approximate surface area is 125 Å².